The molecule has 1 rings (SSSR count). The lowest BCUT2D eigenvalue weighted by Gasteiger charge is -2.24. The van der Waals surface area contributed by atoms with Crippen LogP contribution >= 0.6 is 0 Å². The van der Waals surface area contributed by atoms with Crippen LogP contribution in [0, 0.1) is 0 Å². The smallest absolute Gasteiger partial charge is 0.161 e. The van der Waals surface area contributed by atoms with E-state index in [1.807, 2.05) is 0 Å². The molecule has 1 aliphatic rings. The summed E-state index contributed by atoms with van der Waals surface area (Å²) in [6.07, 6.45) is 3.89. The predicted molar refractivity (Wildman–Crippen MR) is 43.5 cm³/mol. The molecule has 0 aromatic heterocycles. The van der Waals surface area contributed by atoms with Crippen molar-refractivity contribution < 1.29 is 9.53 Å². The molecule has 11 heavy (non-hydrogen) atoms. The fraction of sp³-hybridized carbons (Fsp3) is 0.889. The van der Waals surface area contributed by atoms with E-state index in [1.54, 1.807) is 6.92 Å². The van der Waals surface area contributed by atoms with Gasteiger partial charge in [-0.2, -0.15) is 0 Å². The van der Waals surface area contributed by atoms with Gasteiger partial charge in [0.2, 0.25) is 0 Å². The van der Waals surface area contributed by atoms with Gasteiger partial charge in [-0.25, -0.2) is 0 Å². The van der Waals surface area contributed by atoms with E-state index in [0.29, 0.717) is 0 Å². The van der Waals surface area contributed by atoms with Crippen LogP contribution in [-0.2, 0) is 9.53 Å². The molecule has 0 amide bonds. The van der Waals surface area contributed by atoms with E-state index < -0.39 is 5.60 Å². The van der Waals surface area contributed by atoms with Crippen LogP contribution < -0.4 is 0 Å². The summed E-state index contributed by atoms with van der Waals surface area (Å²) in [5.41, 5.74) is -0.394. The molecule has 0 N–H and O–H groups in total. The standard InChI is InChI=1S/C9H16O2/c1-3-5-9(8(2)10)6-4-7-11-9/h3-7H2,1-2H3/t9-/m1/s1. The highest BCUT2D eigenvalue weighted by Gasteiger charge is 2.38. The van der Waals surface area contributed by atoms with Crippen molar-refractivity contribution in [1.82, 2.24) is 0 Å². The summed E-state index contributed by atoms with van der Waals surface area (Å²) in [4.78, 5) is 11.2. The molecular formula is C9H16O2. The van der Waals surface area contributed by atoms with Crippen molar-refractivity contribution >= 4 is 5.78 Å². The van der Waals surface area contributed by atoms with E-state index in [4.69, 9.17) is 4.74 Å². The Morgan fingerprint density at radius 1 is 1.64 bits per heavy atom. The highest BCUT2D eigenvalue weighted by molar-refractivity contribution is 5.85. The number of hydrogen-bond donors (Lipinski definition) is 0. The van der Waals surface area contributed by atoms with E-state index in [2.05, 4.69) is 6.92 Å². The van der Waals surface area contributed by atoms with E-state index in [9.17, 15) is 4.79 Å². The Bertz CT molecular complexity index is 146. The van der Waals surface area contributed by atoms with Crippen molar-refractivity contribution in [3.05, 3.63) is 0 Å². The number of rotatable bonds is 3. The van der Waals surface area contributed by atoms with Gasteiger partial charge < -0.3 is 4.74 Å². The predicted octanol–water partition coefficient (Wildman–Crippen LogP) is 1.92. The maximum absolute atomic E-state index is 11.2. The Balaban J connectivity index is 2.62. The number of hydrogen-bond acceptors (Lipinski definition) is 2. The maximum Gasteiger partial charge on any atom is 0.161 e. The summed E-state index contributed by atoms with van der Waals surface area (Å²) in [7, 11) is 0. The average molecular weight is 156 g/mol. The third-order valence-corrected chi connectivity index (χ3v) is 2.40. The molecule has 0 aliphatic carbocycles. The summed E-state index contributed by atoms with van der Waals surface area (Å²) in [6.45, 7) is 4.49. The van der Waals surface area contributed by atoms with Crippen molar-refractivity contribution in [3.63, 3.8) is 0 Å². The average Bonchev–Trinajstić information content (AvgIpc) is 2.38. The Hall–Kier alpha value is -0.370. The molecule has 0 radical (unpaired) electrons. The highest BCUT2D eigenvalue weighted by Crippen LogP contribution is 2.30. The van der Waals surface area contributed by atoms with Crippen LogP contribution in [0.15, 0.2) is 0 Å². The fourth-order valence-corrected chi connectivity index (χ4v) is 1.75. The van der Waals surface area contributed by atoms with Gasteiger partial charge in [-0.1, -0.05) is 13.3 Å². The van der Waals surface area contributed by atoms with Gasteiger partial charge in [-0.3, -0.25) is 4.79 Å². The molecule has 2 heteroatoms. The van der Waals surface area contributed by atoms with Crippen LogP contribution in [-0.4, -0.2) is 18.0 Å². The Labute approximate surface area is 67.9 Å². The van der Waals surface area contributed by atoms with Gasteiger partial charge in [0.05, 0.1) is 0 Å². The highest BCUT2D eigenvalue weighted by atomic mass is 16.5. The van der Waals surface area contributed by atoms with E-state index in [-0.39, 0.29) is 5.78 Å². The van der Waals surface area contributed by atoms with Crippen LogP contribution in [0.2, 0.25) is 0 Å². The molecule has 0 unspecified atom stereocenters. The number of ether oxygens (including phenoxy) is 1. The third-order valence-electron chi connectivity index (χ3n) is 2.40. The molecule has 1 fully saturated rings. The topological polar surface area (TPSA) is 26.3 Å². The van der Waals surface area contributed by atoms with Gasteiger partial charge in [0, 0.05) is 6.61 Å². The Morgan fingerprint density at radius 2 is 2.36 bits per heavy atom. The Kier molecular flexibility index (Phi) is 2.66. The summed E-state index contributed by atoms with van der Waals surface area (Å²) in [6, 6.07) is 0. The Morgan fingerprint density at radius 3 is 2.73 bits per heavy atom. The fourth-order valence-electron chi connectivity index (χ4n) is 1.75. The lowest BCUT2D eigenvalue weighted by Crippen LogP contribution is -2.35. The molecule has 0 spiro atoms. The van der Waals surface area contributed by atoms with Gasteiger partial charge in [0.1, 0.15) is 5.60 Å². The second kappa shape index (κ2) is 3.35. The van der Waals surface area contributed by atoms with Crippen molar-refractivity contribution in [2.24, 2.45) is 0 Å². The monoisotopic (exact) mass is 156 g/mol. The zero-order valence-corrected chi connectivity index (χ0v) is 7.35. The van der Waals surface area contributed by atoms with Crippen molar-refractivity contribution in [2.75, 3.05) is 6.61 Å². The molecule has 0 aromatic rings. The minimum atomic E-state index is -0.394. The van der Waals surface area contributed by atoms with Crippen LogP contribution in [0.5, 0.6) is 0 Å². The first-order valence-electron chi connectivity index (χ1n) is 4.36. The zero-order chi connectivity index (χ0) is 8.32. The minimum Gasteiger partial charge on any atom is -0.367 e. The lowest BCUT2D eigenvalue weighted by molar-refractivity contribution is -0.137. The molecule has 1 aliphatic heterocycles. The third kappa shape index (κ3) is 1.62. The van der Waals surface area contributed by atoms with Crippen molar-refractivity contribution in [1.29, 1.82) is 0 Å². The first-order chi connectivity index (χ1) is 5.21. The quantitative estimate of drug-likeness (QED) is 0.624. The molecular weight excluding hydrogens is 140 g/mol. The molecule has 64 valence electrons. The van der Waals surface area contributed by atoms with Crippen LogP contribution in [0.3, 0.4) is 0 Å². The zero-order valence-electron chi connectivity index (χ0n) is 7.35. The van der Waals surface area contributed by atoms with Gasteiger partial charge >= 0.3 is 0 Å². The number of Topliss-reactive ketones (excluding diaryl/α,β-unsaturated/α-hetero) is 1. The normalized spacial score (nSPS) is 30.7. The van der Waals surface area contributed by atoms with E-state index >= 15 is 0 Å². The van der Waals surface area contributed by atoms with Crippen LogP contribution in [0.25, 0.3) is 0 Å². The van der Waals surface area contributed by atoms with Crippen molar-refractivity contribution in [2.45, 2.75) is 45.1 Å². The molecule has 1 atom stereocenters. The number of carbonyl (C=O) groups is 1. The molecule has 2 nitrogen and oxygen atoms in total. The summed E-state index contributed by atoms with van der Waals surface area (Å²) in [5.74, 6) is 0.205. The number of carbonyl (C=O) groups excluding carboxylic acids is 1. The first kappa shape index (κ1) is 8.72. The SMILES string of the molecule is CCC[C@]1(C(C)=O)CCCO1. The molecule has 1 saturated heterocycles. The summed E-state index contributed by atoms with van der Waals surface area (Å²) in [5, 5.41) is 0. The van der Waals surface area contributed by atoms with Gasteiger partial charge in [-0.15, -0.1) is 0 Å². The second-order valence-corrected chi connectivity index (χ2v) is 3.25. The van der Waals surface area contributed by atoms with Crippen molar-refractivity contribution in [3.8, 4) is 0 Å². The minimum absolute atomic E-state index is 0.205. The molecule has 0 saturated carbocycles. The number of ketones is 1. The van der Waals surface area contributed by atoms with Gasteiger partial charge in [0.15, 0.2) is 5.78 Å². The lowest BCUT2D eigenvalue weighted by atomic mass is 9.91. The second-order valence-electron chi connectivity index (χ2n) is 3.25. The van der Waals surface area contributed by atoms with Crippen LogP contribution in [0.1, 0.15) is 39.5 Å². The van der Waals surface area contributed by atoms with E-state index in [0.717, 1.165) is 32.3 Å². The van der Waals surface area contributed by atoms with Crippen LogP contribution in [0.4, 0.5) is 0 Å². The molecule has 0 bridgehead atoms. The molecule has 0 aromatic carbocycles. The summed E-state index contributed by atoms with van der Waals surface area (Å²) >= 11 is 0. The maximum atomic E-state index is 11.2. The first-order valence-corrected chi connectivity index (χ1v) is 4.36. The largest absolute Gasteiger partial charge is 0.367 e. The molecule has 1 heterocycles. The van der Waals surface area contributed by atoms with E-state index in [1.165, 1.54) is 0 Å². The summed E-state index contributed by atoms with van der Waals surface area (Å²) < 4.78 is 5.49. The van der Waals surface area contributed by atoms with Gasteiger partial charge in [0.25, 0.3) is 0 Å². The van der Waals surface area contributed by atoms with Gasteiger partial charge in [-0.05, 0) is 26.2 Å².